The van der Waals surface area contributed by atoms with Gasteiger partial charge in [-0.05, 0) is 53.0 Å². The van der Waals surface area contributed by atoms with Crippen LogP contribution in [0.25, 0.3) is 0 Å². The van der Waals surface area contributed by atoms with Gasteiger partial charge in [-0.15, -0.1) is 11.3 Å². The highest BCUT2D eigenvalue weighted by Crippen LogP contribution is 2.34. The molecule has 1 fully saturated rings. The standard InChI is InChI=1S/C26H34N2O5S/c1-18-6-8-19(9-7-18)24(30)28(17-22(29)27-12-14-33-15-13-27)21-16-20(10-11-26(2,3)4)34-23(21)25(31)32-5/h6,16,19H,7-9,12-15,17H2,1-5H3/t19-/m0/s1. The number of amides is 2. The first-order chi connectivity index (χ1) is 16.1. The van der Waals surface area contributed by atoms with Crippen molar-refractivity contribution < 1.29 is 23.9 Å². The van der Waals surface area contributed by atoms with E-state index in [1.54, 1.807) is 11.0 Å². The van der Waals surface area contributed by atoms with Gasteiger partial charge < -0.3 is 19.3 Å². The van der Waals surface area contributed by atoms with Gasteiger partial charge in [0.2, 0.25) is 11.8 Å². The minimum absolute atomic E-state index is 0.134. The maximum Gasteiger partial charge on any atom is 0.350 e. The normalized spacial score (nSPS) is 18.4. The van der Waals surface area contributed by atoms with E-state index < -0.39 is 5.97 Å². The summed E-state index contributed by atoms with van der Waals surface area (Å²) in [6.07, 6.45) is 4.28. The molecule has 34 heavy (non-hydrogen) atoms. The van der Waals surface area contributed by atoms with Gasteiger partial charge in [0, 0.05) is 24.4 Å². The Morgan fingerprint density at radius 1 is 1.26 bits per heavy atom. The van der Waals surface area contributed by atoms with Crippen molar-refractivity contribution in [1.29, 1.82) is 0 Å². The lowest BCUT2D eigenvalue weighted by Crippen LogP contribution is -2.48. The molecular weight excluding hydrogens is 452 g/mol. The summed E-state index contributed by atoms with van der Waals surface area (Å²) >= 11 is 1.19. The number of thiophene rings is 1. The first-order valence-electron chi connectivity index (χ1n) is 11.7. The zero-order chi connectivity index (χ0) is 24.9. The third-order valence-corrected chi connectivity index (χ3v) is 6.86. The Balaban J connectivity index is 2.00. The highest BCUT2D eigenvalue weighted by molar-refractivity contribution is 7.15. The molecule has 2 aliphatic rings. The van der Waals surface area contributed by atoms with Crippen molar-refractivity contribution in [2.24, 2.45) is 11.3 Å². The molecule has 7 nitrogen and oxygen atoms in total. The summed E-state index contributed by atoms with van der Waals surface area (Å²) in [5.74, 6) is 5.20. The molecule has 3 rings (SSSR count). The topological polar surface area (TPSA) is 76.2 Å². The minimum atomic E-state index is -0.542. The number of hydrogen-bond donors (Lipinski definition) is 0. The van der Waals surface area contributed by atoms with Gasteiger partial charge in [-0.1, -0.05) is 23.5 Å². The molecule has 0 unspecified atom stereocenters. The molecule has 184 valence electrons. The number of carbonyl (C=O) groups is 3. The number of rotatable bonds is 5. The smallest absolute Gasteiger partial charge is 0.350 e. The third kappa shape index (κ3) is 6.71. The van der Waals surface area contributed by atoms with E-state index in [9.17, 15) is 14.4 Å². The minimum Gasteiger partial charge on any atom is -0.465 e. The van der Waals surface area contributed by atoms with Gasteiger partial charge in [0.25, 0.3) is 0 Å². The second kappa shape index (κ2) is 11.2. The molecule has 1 aromatic heterocycles. The lowest BCUT2D eigenvalue weighted by molar-refractivity contribution is -0.135. The van der Waals surface area contributed by atoms with Crippen LogP contribution in [-0.2, 0) is 19.1 Å². The Hall–Kier alpha value is -2.63. The fraction of sp³-hybridized carbons (Fsp3) is 0.577. The first kappa shape index (κ1) is 26.0. The van der Waals surface area contributed by atoms with E-state index in [0.29, 0.717) is 43.3 Å². The molecule has 0 saturated carbocycles. The first-order valence-corrected chi connectivity index (χ1v) is 12.5. The Morgan fingerprint density at radius 3 is 2.56 bits per heavy atom. The molecule has 1 saturated heterocycles. The van der Waals surface area contributed by atoms with E-state index in [0.717, 1.165) is 12.8 Å². The molecule has 2 amide bonds. The molecule has 2 heterocycles. The molecule has 0 aromatic carbocycles. The number of allylic oxidation sites excluding steroid dienone is 2. The van der Waals surface area contributed by atoms with Crippen LogP contribution in [0.5, 0.6) is 0 Å². The van der Waals surface area contributed by atoms with Crippen molar-refractivity contribution in [3.05, 3.63) is 27.5 Å². The molecule has 1 aliphatic carbocycles. The van der Waals surface area contributed by atoms with Crippen molar-refractivity contribution in [2.45, 2.75) is 47.0 Å². The van der Waals surface area contributed by atoms with Gasteiger partial charge in [0.05, 0.1) is 30.9 Å². The van der Waals surface area contributed by atoms with Gasteiger partial charge in [-0.2, -0.15) is 0 Å². The fourth-order valence-corrected chi connectivity index (χ4v) is 4.80. The predicted molar refractivity (Wildman–Crippen MR) is 133 cm³/mol. The molecule has 1 atom stereocenters. The van der Waals surface area contributed by atoms with Crippen molar-refractivity contribution in [2.75, 3.05) is 44.9 Å². The van der Waals surface area contributed by atoms with E-state index in [4.69, 9.17) is 9.47 Å². The predicted octanol–water partition coefficient (Wildman–Crippen LogP) is 3.87. The van der Waals surface area contributed by atoms with Crippen LogP contribution in [0.15, 0.2) is 17.7 Å². The van der Waals surface area contributed by atoms with Gasteiger partial charge in [0.15, 0.2) is 0 Å². The summed E-state index contributed by atoms with van der Waals surface area (Å²) < 4.78 is 10.4. The number of ether oxygens (including phenoxy) is 2. The average Bonchev–Trinajstić information content (AvgIpc) is 3.25. The summed E-state index contributed by atoms with van der Waals surface area (Å²) in [6, 6.07) is 1.74. The zero-order valence-electron chi connectivity index (χ0n) is 20.7. The summed E-state index contributed by atoms with van der Waals surface area (Å²) in [4.78, 5) is 43.7. The largest absolute Gasteiger partial charge is 0.465 e. The second-order valence-corrected chi connectivity index (χ2v) is 10.8. The number of methoxy groups -OCH3 is 1. The molecule has 0 N–H and O–H groups in total. The van der Waals surface area contributed by atoms with Crippen molar-refractivity contribution in [3.63, 3.8) is 0 Å². The zero-order valence-corrected chi connectivity index (χ0v) is 21.5. The number of nitrogens with zero attached hydrogens (tertiary/aromatic N) is 2. The average molecular weight is 487 g/mol. The number of carbonyl (C=O) groups excluding carboxylic acids is 3. The van der Waals surface area contributed by atoms with Gasteiger partial charge in [0.1, 0.15) is 11.4 Å². The number of morpholine rings is 1. The summed E-state index contributed by atoms with van der Waals surface area (Å²) in [7, 11) is 1.31. The summed E-state index contributed by atoms with van der Waals surface area (Å²) in [5.41, 5.74) is 1.45. The van der Waals surface area contributed by atoms with Crippen LogP contribution >= 0.6 is 11.3 Å². The molecule has 0 bridgehead atoms. The Labute approximate surface area is 206 Å². The Bertz CT molecular complexity index is 1020. The van der Waals surface area contributed by atoms with Crippen molar-refractivity contribution in [1.82, 2.24) is 4.90 Å². The molecular formula is C26H34N2O5S. The van der Waals surface area contributed by atoms with Crippen LogP contribution in [-0.4, -0.2) is 62.6 Å². The number of anilines is 1. The summed E-state index contributed by atoms with van der Waals surface area (Å²) in [6.45, 7) is 9.88. The second-order valence-electron chi connectivity index (χ2n) is 9.76. The van der Waals surface area contributed by atoms with Crippen LogP contribution in [0.4, 0.5) is 5.69 Å². The number of esters is 1. The number of hydrogen-bond acceptors (Lipinski definition) is 6. The molecule has 1 aromatic rings. The maximum absolute atomic E-state index is 13.7. The molecule has 8 heteroatoms. The van der Waals surface area contributed by atoms with E-state index >= 15 is 0 Å². The monoisotopic (exact) mass is 486 g/mol. The molecule has 0 spiro atoms. The lowest BCUT2D eigenvalue weighted by atomic mass is 9.89. The Kier molecular flexibility index (Phi) is 8.56. The van der Waals surface area contributed by atoms with Gasteiger partial charge >= 0.3 is 5.97 Å². The van der Waals surface area contributed by atoms with Crippen molar-refractivity contribution in [3.8, 4) is 11.8 Å². The van der Waals surface area contributed by atoms with Crippen LogP contribution in [0.3, 0.4) is 0 Å². The van der Waals surface area contributed by atoms with Crippen LogP contribution in [0, 0.1) is 23.2 Å². The van der Waals surface area contributed by atoms with Crippen LogP contribution < -0.4 is 4.90 Å². The Morgan fingerprint density at radius 2 is 1.97 bits per heavy atom. The maximum atomic E-state index is 13.7. The van der Waals surface area contributed by atoms with E-state index in [1.807, 2.05) is 20.8 Å². The van der Waals surface area contributed by atoms with Gasteiger partial charge in [-0.3, -0.25) is 9.59 Å². The van der Waals surface area contributed by atoms with E-state index in [2.05, 4.69) is 24.8 Å². The lowest BCUT2D eigenvalue weighted by Gasteiger charge is -2.32. The fourth-order valence-electron chi connectivity index (χ4n) is 3.87. The third-order valence-electron chi connectivity index (χ3n) is 5.85. The summed E-state index contributed by atoms with van der Waals surface area (Å²) in [5, 5.41) is 0. The highest BCUT2D eigenvalue weighted by Gasteiger charge is 2.33. The van der Waals surface area contributed by atoms with Crippen LogP contribution in [0.1, 0.15) is 61.5 Å². The quantitative estimate of drug-likeness (QED) is 0.359. The highest BCUT2D eigenvalue weighted by atomic mass is 32.1. The SMILES string of the molecule is COC(=O)c1sc(C#CC(C)(C)C)cc1N(CC(=O)N1CCOCC1)C(=O)[C@H]1CC=C(C)CC1. The molecule has 1 aliphatic heterocycles. The van der Waals surface area contributed by atoms with Gasteiger partial charge in [-0.25, -0.2) is 4.79 Å². The van der Waals surface area contributed by atoms with Crippen molar-refractivity contribution >= 4 is 34.8 Å². The molecule has 0 radical (unpaired) electrons. The van der Waals surface area contributed by atoms with Crippen LogP contribution in [0.2, 0.25) is 0 Å². The van der Waals surface area contributed by atoms with E-state index in [-0.39, 0.29) is 34.6 Å². The van der Waals surface area contributed by atoms with E-state index in [1.165, 1.54) is 28.9 Å².